The molecule has 5 N–H and O–H groups in total. The number of hydrogen-bond donors (Lipinski definition) is 3. The summed E-state index contributed by atoms with van der Waals surface area (Å²) in [6, 6.07) is 3.19. The van der Waals surface area contributed by atoms with E-state index in [2.05, 4.69) is 25.2 Å². The molecular weight excluding hydrogens is 418 g/mol. The highest BCUT2D eigenvalue weighted by atomic mass is 35.5. The summed E-state index contributed by atoms with van der Waals surface area (Å²) < 4.78 is 1.54. The fraction of sp³-hybridized carbons (Fsp3) is 0.300. The number of anilines is 1. The second-order valence-electron chi connectivity index (χ2n) is 7.78. The Bertz CT molecular complexity index is 1280. The Morgan fingerprint density at radius 1 is 1.42 bits per heavy atom. The third-order valence-corrected chi connectivity index (χ3v) is 6.15. The molecular formula is C20H22ClN9O. The van der Waals surface area contributed by atoms with Gasteiger partial charge in [0.2, 0.25) is 0 Å². The molecule has 4 heterocycles. The van der Waals surface area contributed by atoms with E-state index in [1.807, 2.05) is 13.0 Å². The molecule has 160 valence electrons. The Morgan fingerprint density at radius 2 is 2.26 bits per heavy atom. The zero-order valence-electron chi connectivity index (χ0n) is 16.9. The lowest BCUT2D eigenvalue weighted by atomic mass is 10.0. The number of carbonyl (C=O) groups is 1. The van der Waals surface area contributed by atoms with Crippen LogP contribution in [0.5, 0.6) is 0 Å². The van der Waals surface area contributed by atoms with E-state index in [4.69, 9.17) is 23.2 Å². The number of amides is 1. The van der Waals surface area contributed by atoms with Crippen molar-refractivity contribution in [3.63, 3.8) is 0 Å². The van der Waals surface area contributed by atoms with Crippen molar-refractivity contribution in [1.29, 1.82) is 0 Å². The molecule has 0 aliphatic carbocycles. The molecule has 0 radical (unpaired) electrons. The van der Waals surface area contributed by atoms with Crippen molar-refractivity contribution in [2.24, 2.45) is 11.6 Å². The average molecular weight is 440 g/mol. The molecule has 0 spiro atoms. The summed E-state index contributed by atoms with van der Waals surface area (Å²) in [7, 11) is 0. The molecule has 1 aliphatic heterocycles. The van der Waals surface area contributed by atoms with E-state index in [0.29, 0.717) is 22.8 Å². The first kappa shape index (κ1) is 19.7. The van der Waals surface area contributed by atoms with Crippen LogP contribution in [0.25, 0.3) is 16.6 Å². The normalized spacial score (nSPS) is 17.5. The van der Waals surface area contributed by atoms with Gasteiger partial charge in [0.25, 0.3) is 5.91 Å². The van der Waals surface area contributed by atoms with Crippen LogP contribution in [-0.2, 0) is 0 Å². The van der Waals surface area contributed by atoms with Crippen LogP contribution >= 0.6 is 11.6 Å². The maximum Gasteiger partial charge on any atom is 0.273 e. The summed E-state index contributed by atoms with van der Waals surface area (Å²) >= 11 is 6.55. The molecule has 1 aliphatic rings. The lowest BCUT2D eigenvalue weighted by Crippen LogP contribution is -2.40. The maximum absolute atomic E-state index is 13.2. The van der Waals surface area contributed by atoms with Gasteiger partial charge in [0.15, 0.2) is 5.65 Å². The second-order valence-corrected chi connectivity index (χ2v) is 8.19. The lowest BCUT2D eigenvalue weighted by Gasteiger charge is -2.30. The van der Waals surface area contributed by atoms with Gasteiger partial charge < -0.3 is 10.6 Å². The summed E-state index contributed by atoms with van der Waals surface area (Å²) in [6.45, 7) is 3.36. The third kappa shape index (κ3) is 3.19. The topological polar surface area (TPSA) is 134 Å². The SMILES string of the molecule is CC(c1cc(Cl)c2cn[nH]c2c1N1CC[C@@H](N)C1)N(N)C(=O)c1cnn2cccnc12. The Labute approximate surface area is 182 Å². The smallest absolute Gasteiger partial charge is 0.273 e. The first-order valence-electron chi connectivity index (χ1n) is 9.98. The number of H-pyrrole nitrogens is 1. The number of aromatic amines is 1. The van der Waals surface area contributed by atoms with E-state index in [9.17, 15) is 4.79 Å². The molecule has 1 aromatic carbocycles. The van der Waals surface area contributed by atoms with Crippen LogP contribution in [0.1, 0.15) is 35.3 Å². The first-order chi connectivity index (χ1) is 15.0. The van der Waals surface area contributed by atoms with Crippen molar-refractivity contribution in [3.05, 3.63) is 53.1 Å². The Morgan fingerprint density at radius 3 is 3.03 bits per heavy atom. The highest BCUT2D eigenvalue weighted by molar-refractivity contribution is 6.36. The highest BCUT2D eigenvalue weighted by Crippen LogP contribution is 2.40. The second kappa shape index (κ2) is 7.49. The zero-order valence-corrected chi connectivity index (χ0v) is 17.6. The Kier molecular flexibility index (Phi) is 4.77. The minimum Gasteiger partial charge on any atom is -0.368 e. The van der Waals surface area contributed by atoms with Gasteiger partial charge in [-0.2, -0.15) is 10.2 Å². The molecule has 1 saturated heterocycles. The number of nitrogens with zero attached hydrogens (tertiary/aromatic N) is 6. The zero-order chi connectivity index (χ0) is 21.7. The first-order valence-corrected chi connectivity index (χ1v) is 10.4. The highest BCUT2D eigenvalue weighted by Gasteiger charge is 2.30. The van der Waals surface area contributed by atoms with Gasteiger partial charge >= 0.3 is 0 Å². The van der Waals surface area contributed by atoms with Crippen LogP contribution in [-0.4, -0.2) is 54.8 Å². The van der Waals surface area contributed by atoms with Crippen LogP contribution in [0.4, 0.5) is 5.69 Å². The summed E-state index contributed by atoms with van der Waals surface area (Å²) in [4.78, 5) is 19.7. The van der Waals surface area contributed by atoms with Gasteiger partial charge in [-0.3, -0.25) is 14.9 Å². The Hall–Kier alpha value is -3.21. The van der Waals surface area contributed by atoms with Gasteiger partial charge in [-0.1, -0.05) is 11.6 Å². The molecule has 11 heteroatoms. The van der Waals surface area contributed by atoms with Gasteiger partial charge in [0.1, 0.15) is 5.56 Å². The number of benzene rings is 1. The Balaban J connectivity index is 1.57. The van der Waals surface area contributed by atoms with Gasteiger partial charge in [-0.25, -0.2) is 15.3 Å². The minimum absolute atomic E-state index is 0.0808. The van der Waals surface area contributed by atoms with Crippen molar-refractivity contribution in [1.82, 2.24) is 29.8 Å². The predicted octanol–water partition coefficient (Wildman–Crippen LogP) is 1.87. The van der Waals surface area contributed by atoms with Gasteiger partial charge in [0.05, 0.1) is 34.7 Å². The summed E-state index contributed by atoms with van der Waals surface area (Å²) in [5.41, 5.74) is 9.48. The molecule has 2 atom stereocenters. The minimum atomic E-state index is -0.483. The number of rotatable bonds is 4. The fourth-order valence-electron chi connectivity index (χ4n) is 4.17. The standard InChI is InChI=1S/C20H22ClN9O/c1-11(30(23)20(31)15-9-26-29-5-2-4-24-19(15)29)13-7-16(21)14-8-25-27-17(14)18(13)28-6-3-12(22)10-28/h2,4-5,7-9,11-12H,3,6,10,22-23H2,1H3,(H,25,27)/t11?,12-/m1/s1. The van der Waals surface area contributed by atoms with E-state index < -0.39 is 6.04 Å². The van der Waals surface area contributed by atoms with Crippen molar-refractivity contribution < 1.29 is 4.79 Å². The van der Waals surface area contributed by atoms with E-state index in [1.54, 1.807) is 24.7 Å². The van der Waals surface area contributed by atoms with Gasteiger partial charge in [-0.15, -0.1) is 0 Å². The van der Waals surface area contributed by atoms with E-state index in [0.717, 1.165) is 35.1 Å². The number of halogens is 1. The monoisotopic (exact) mass is 439 g/mol. The summed E-state index contributed by atoms with van der Waals surface area (Å²) in [5, 5.41) is 14.0. The average Bonchev–Trinajstić information content (AvgIpc) is 3.51. The van der Waals surface area contributed by atoms with Crippen LogP contribution in [0.3, 0.4) is 0 Å². The lowest BCUT2D eigenvalue weighted by molar-refractivity contribution is 0.0692. The van der Waals surface area contributed by atoms with E-state index in [-0.39, 0.29) is 11.9 Å². The van der Waals surface area contributed by atoms with Crippen LogP contribution in [0.15, 0.2) is 36.9 Å². The molecule has 4 aromatic rings. The van der Waals surface area contributed by atoms with E-state index >= 15 is 0 Å². The number of fused-ring (bicyclic) bond motifs is 2. The number of hydrogen-bond acceptors (Lipinski definition) is 7. The predicted molar refractivity (Wildman–Crippen MR) is 118 cm³/mol. The number of hydrazine groups is 1. The molecule has 0 bridgehead atoms. The quantitative estimate of drug-likeness (QED) is 0.251. The molecule has 1 fully saturated rings. The van der Waals surface area contributed by atoms with Crippen molar-refractivity contribution in [3.8, 4) is 0 Å². The molecule has 31 heavy (non-hydrogen) atoms. The maximum atomic E-state index is 13.2. The van der Waals surface area contributed by atoms with E-state index in [1.165, 1.54) is 15.7 Å². The molecule has 3 aromatic heterocycles. The van der Waals surface area contributed by atoms with Gasteiger partial charge in [0, 0.05) is 42.5 Å². The summed E-state index contributed by atoms with van der Waals surface area (Å²) in [5.74, 6) is 5.96. The number of nitrogens with one attached hydrogen (secondary N) is 1. The third-order valence-electron chi connectivity index (χ3n) is 5.84. The number of aromatic nitrogens is 5. The van der Waals surface area contributed by atoms with Crippen LogP contribution < -0.4 is 16.5 Å². The molecule has 0 saturated carbocycles. The molecule has 10 nitrogen and oxygen atoms in total. The molecule has 1 unspecified atom stereocenters. The molecule has 5 rings (SSSR count). The van der Waals surface area contributed by atoms with Crippen molar-refractivity contribution >= 4 is 39.7 Å². The summed E-state index contributed by atoms with van der Waals surface area (Å²) in [6.07, 6.45) is 7.39. The van der Waals surface area contributed by atoms with Crippen molar-refractivity contribution in [2.75, 3.05) is 18.0 Å². The number of nitrogens with two attached hydrogens (primary N) is 2. The van der Waals surface area contributed by atoms with Crippen LogP contribution in [0, 0.1) is 0 Å². The van der Waals surface area contributed by atoms with Gasteiger partial charge in [-0.05, 0) is 25.5 Å². The molecule has 1 amide bonds. The number of carbonyl (C=O) groups excluding carboxylic acids is 1. The van der Waals surface area contributed by atoms with Crippen LogP contribution in [0.2, 0.25) is 5.02 Å². The largest absolute Gasteiger partial charge is 0.368 e. The van der Waals surface area contributed by atoms with Crippen molar-refractivity contribution in [2.45, 2.75) is 25.4 Å². The fourth-order valence-corrected chi connectivity index (χ4v) is 4.43.